The number of hydrogen-bond donors (Lipinski definition) is 1. The summed E-state index contributed by atoms with van der Waals surface area (Å²) in [6, 6.07) is 8.16. The molecule has 0 amide bonds. The highest BCUT2D eigenvalue weighted by Crippen LogP contribution is 2.41. The average molecular weight is 398 g/mol. The van der Waals surface area contributed by atoms with Crippen molar-refractivity contribution in [2.75, 3.05) is 51.0 Å². The maximum atomic E-state index is 5.88. The maximum absolute atomic E-state index is 5.88. The smallest absolute Gasteiger partial charge is 0.222 e. The van der Waals surface area contributed by atoms with Crippen molar-refractivity contribution >= 4 is 11.8 Å². The van der Waals surface area contributed by atoms with E-state index in [1.807, 2.05) is 25.1 Å². The Balaban J connectivity index is 1.48. The van der Waals surface area contributed by atoms with Gasteiger partial charge in [0.15, 0.2) is 11.5 Å². The minimum absolute atomic E-state index is 0.304. The van der Waals surface area contributed by atoms with Crippen LogP contribution in [0.1, 0.15) is 30.5 Å². The largest absolute Gasteiger partial charge is 0.493 e. The molecule has 0 saturated carbocycles. The number of aryl methyl sites for hydroxylation is 1. The summed E-state index contributed by atoms with van der Waals surface area (Å²) in [5.41, 5.74) is 8.28. The second-order valence-electron chi connectivity index (χ2n) is 8.36. The number of methoxy groups -OCH3 is 2. The summed E-state index contributed by atoms with van der Waals surface area (Å²) in [6.07, 6.45) is 3.65. The number of likely N-dealkylation sites (tertiary alicyclic amines) is 1. The third-order valence-electron chi connectivity index (χ3n) is 6.24. The molecular formula is C22H31N5O2. The number of piperidine rings is 1. The van der Waals surface area contributed by atoms with E-state index in [1.165, 1.54) is 24.8 Å². The van der Waals surface area contributed by atoms with E-state index >= 15 is 0 Å². The first-order valence-electron chi connectivity index (χ1n) is 10.3. The van der Waals surface area contributed by atoms with Gasteiger partial charge in [-0.1, -0.05) is 12.1 Å². The third-order valence-corrected chi connectivity index (χ3v) is 6.24. The lowest BCUT2D eigenvalue weighted by atomic mass is 9.79. The third kappa shape index (κ3) is 4.10. The molecule has 0 aliphatic carbocycles. The molecule has 156 valence electrons. The Kier molecular flexibility index (Phi) is 5.50. The Morgan fingerprint density at radius 2 is 1.97 bits per heavy atom. The number of hydrogen-bond acceptors (Lipinski definition) is 7. The van der Waals surface area contributed by atoms with Crippen molar-refractivity contribution in [1.82, 2.24) is 14.9 Å². The molecule has 2 saturated heterocycles. The van der Waals surface area contributed by atoms with Crippen LogP contribution in [-0.4, -0.2) is 55.3 Å². The summed E-state index contributed by atoms with van der Waals surface area (Å²) < 4.78 is 11.1. The number of nitrogen functional groups attached to an aromatic ring is 1. The monoisotopic (exact) mass is 397 g/mol. The van der Waals surface area contributed by atoms with Crippen molar-refractivity contribution in [3.05, 3.63) is 35.5 Å². The minimum atomic E-state index is 0.304. The van der Waals surface area contributed by atoms with Crippen LogP contribution < -0.4 is 20.1 Å². The van der Waals surface area contributed by atoms with E-state index in [4.69, 9.17) is 15.2 Å². The standard InChI is InChI=1S/C22H31N5O2/c1-16-12-19(25-21(23)24-16)27-11-9-22(15-27)8-5-10-26(14-22)13-17-6-4-7-18(28-2)20(17)29-3/h4,6-7,12H,5,8-11,13-15H2,1-3H3,(H2,23,24,25)/t22-/m1/s1. The molecule has 2 aliphatic rings. The Morgan fingerprint density at radius 1 is 1.10 bits per heavy atom. The SMILES string of the molecule is COc1cccc(CN2CCC[C@@]3(CCN(c4cc(C)nc(N)n4)C3)C2)c1OC. The van der Waals surface area contributed by atoms with Crippen molar-refractivity contribution in [1.29, 1.82) is 0 Å². The van der Waals surface area contributed by atoms with Gasteiger partial charge >= 0.3 is 0 Å². The molecule has 0 unspecified atom stereocenters. The number of benzene rings is 1. The number of nitrogens with two attached hydrogens (primary N) is 1. The van der Waals surface area contributed by atoms with Gasteiger partial charge in [-0.3, -0.25) is 4.90 Å². The van der Waals surface area contributed by atoms with Crippen LogP contribution in [0.25, 0.3) is 0 Å². The van der Waals surface area contributed by atoms with Gasteiger partial charge in [0.25, 0.3) is 0 Å². The van der Waals surface area contributed by atoms with Gasteiger partial charge in [0.1, 0.15) is 5.82 Å². The lowest BCUT2D eigenvalue weighted by Gasteiger charge is -2.40. The number of rotatable bonds is 5. The molecule has 4 rings (SSSR count). The highest BCUT2D eigenvalue weighted by Gasteiger charge is 2.42. The van der Waals surface area contributed by atoms with Gasteiger partial charge < -0.3 is 20.1 Å². The van der Waals surface area contributed by atoms with E-state index in [1.54, 1.807) is 14.2 Å². The molecule has 29 heavy (non-hydrogen) atoms. The summed E-state index contributed by atoms with van der Waals surface area (Å²) in [5.74, 6) is 2.95. The number of ether oxygens (including phenoxy) is 2. The van der Waals surface area contributed by atoms with Gasteiger partial charge in [0, 0.05) is 48.9 Å². The lowest BCUT2D eigenvalue weighted by Crippen LogP contribution is -2.44. The van der Waals surface area contributed by atoms with E-state index in [0.29, 0.717) is 11.4 Å². The molecule has 2 aromatic rings. The lowest BCUT2D eigenvalue weighted by molar-refractivity contribution is 0.0983. The Bertz CT molecular complexity index is 854. The Hall–Kier alpha value is -2.54. The van der Waals surface area contributed by atoms with Gasteiger partial charge in [-0.25, -0.2) is 4.98 Å². The maximum Gasteiger partial charge on any atom is 0.222 e. The first-order chi connectivity index (χ1) is 14.0. The van der Waals surface area contributed by atoms with Gasteiger partial charge in [-0.2, -0.15) is 4.98 Å². The fourth-order valence-corrected chi connectivity index (χ4v) is 4.96. The van der Waals surface area contributed by atoms with E-state index in [2.05, 4.69) is 25.8 Å². The van der Waals surface area contributed by atoms with Crippen LogP contribution >= 0.6 is 0 Å². The van der Waals surface area contributed by atoms with Crippen LogP contribution in [0.3, 0.4) is 0 Å². The Labute approximate surface area is 172 Å². The molecule has 0 bridgehead atoms. The molecular weight excluding hydrogens is 366 g/mol. The predicted octanol–water partition coefficient (Wildman–Crippen LogP) is 2.88. The predicted molar refractivity (Wildman–Crippen MR) is 115 cm³/mol. The fourth-order valence-electron chi connectivity index (χ4n) is 4.96. The van der Waals surface area contributed by atoms with Crippen molar-refractivity contribution in [2.24, 2.45) is 5.41 Å². The molecule has 2 aliphatic heterocycles. The molecule has 1 atom stereocenters. The summed E-state index contributed by atoms with van der Waals surface area (Å²) >= 11 is 0. The molecule has 7 nitrogen and oxygen atoms in total. The number of aromatic nitrogens is 2. The van der Waals surface area contributed by atoms with Crippen molar-refractivity contribution in [3.63, 3.8) is 0 Å². The summed E-state index contributed by atoms with van der Waals surface area (Å²) in [6.45, 7) is 7.09. The highest BCUT2D eigenvalue weighted by atomic mass is 16.5. The quantitative estimate of drug-likeness (QED) is 0.831. The van der Waals surface area contributed by atoms with E-state index < -0.39 is 0 Å². The topological polar surface area (TPSA) is 76.7 Å². The summed E-state index contributed by atoms with van der Waals surface area (Å²) in [7, 11) is 3.40. The molecule has 1 spiro atoms. The fraction of sp³-hybridized carbons (Fsp3) is 0.545. The normalized spacial score (nSPS) is 22.2. The van der Waals surface area contributed by atoms with Crippen LogP contribution in [0.4, 0.5) is 11.8 Å². The summed E-state index contributed by atoms with van der Waals surface area (Å²) in [5, 5.41) is 0. The van der Waals surface area contributed by atoms with Crippen LogP contribution in [0.5, 0.6) is 11.5 Å². The minimum Gasteiger partial charge on any atom is -0.493 e. The van der Waals surface area contributed by atoms with Crippen LogP contribution in [0, 0.1) is 12.3 Å². The molecule has 1 aromatic carbocycles. The van der Waals surface area contributed by atoms with Gasteiger partial charge in [0.2, 0.25) is 5.95 Å². The zero-order chi connectivity index (χ0) is 20.4. The number of anilines is 2. The van der Waals surface area contributed by atoms with Crippen LogP contribution in [-0.2, 0) is 6.54 Å². The van der Waals surface area contributed by atoms with Crippen LogP contribution in [0.15, 0.2) is 24.3 Å². The molecule has 2 N–H and O–H groups in total. The van der Waals surface area contributed by atoms with E-state index in [-0.39, 0.29) is 0 Å². The zero-order valence-electron chi connectivity index (χ0n) is 17.6. The van der Waals surface area contributed by atoms with E-state index in [9.17, 15) is 0 Å². The van der Waals surface area contributed by atoms with Crippen LogP contribution in [0.2, 0.25) is 0 Å². The van der Waals surface area contributed by atoms with Gasteiger partial charge in [-0.15, -0.1) is 0 Å². The molecule has 0 radical (unpaired) electrons. The Morgan fingerprint density at radius 3 is 2.72 bits per heavy atom. The first-order valence-corrected chi connectivity index (χ1v) is 10.3. The zero-order valence-corrected chi connectivity index (χ0v) is 17.6. The summed E-state index contributed by atoms with van der Waals surface area (Å²) in [4.78, 5) is 13.6. The highest BCUT2D eigenvalue weighted by molar-refractivity contribution is 5.47. The second kappa shape index (κ2) is 8.06. The second-order valence-corrected chi connectivity index (χ2v) is 8.36. The van der Waals surface area contributed by atoms with Gasteiger partial charge in [-0.05, 0) is 38.8 Å². The van der Waals surface area contributed by atoms with Crippen molar-refractivity contribution in [2.45, 2.75) is 32.7 Å². The molecule has 1 aromatic heterocycles. The molecule has 3 heterocycles. The van der Waals surface area contributed by atoms with Gasteiger partial charge in [0.05, 0.1) is 14.2 Å². The number of nitrogens with zero attached hydrogens (tertiary/aromatic N) is 4. The van der Waals surface area contributed by atoms with E-state index in [0.717, 1.165) is 55.7 Å². The molecule has 7 heteroatoms. The van der Waals surface area contributed by atoms with Crippen molar-refractivity contribution < 1.29 is 9.47 Å². The number of para-hydroxylation sites is 1. The first kappa shape index (κ1) is 19.8. The van der Waals surface area contributed by atoms with Crippen molar-refractivity contribution in [3.8, 4) is 11.5 Å². The average Bonchev–Trinajstić information content (AvgIpc) is 3.10. The molecule has 2 fully saturated rings.